The second kappa shape index (κ2) is 5.69. The Morgan fingerprint density at radius 1 is 1.53 bits per heavy atom. The van der Waals surface area contributed by atoms with E-state index < -0.39 is 10.8 Å². The van der Waals surface area contributed by atoms with E-state index in [4.69, 9.17) is 10.9 Å². The van der Waals surface area contributed by atoms with E-state index in [0.29, 0.717) is 11.5 Å². The molecule has 1 amide bonds. The fraction of sp³-hybridized carbons (Fsp3) is 0.750. The average Bonchev–Trinajstić information content (AvgIpc) is 2.21. The van der Waals surface area contributed by atoms with Gasteiger partial charge in [-0.15, -0.1) is 0 Å². The third-order valence-corrected chi connectivity index (χ3v) is 3.61. The van der Waals surface area contributed by atoms with Gasteiger partial charge in [-0.2, -0.15) is 0 Å². The zero-order chi connectivity index (χ0) is 11.3. The molecule has 1 saturated heterocycles. The molecule has 4 N–H and O–H groups in total. The molecule has 0 radical (unpaired) electrons. The van der Waals surface area contributed by atoms with Crippen molar-refractivity contribution in [2.24, 2.45) is 10.9 Å². The number of oxime groups is 1. The molecule has 1 heterocycles. The first-order valence-corrected chi connectivity index (χ1v) is 6.21. The minimum atomic E-state index is -0.728. The van der Waals surface area contributed by atoms with Gasteiger partial charge in [-0.05, 0) is 12.8 Å². The predicted octanol–water partition coefficient (Wildman–Crippen LogP) is -0.850. The smallest absolute Gasteiger partial charge is 0.227 e. The van der Waals surface area contributed by atoms with Crippen molar-refractivity contribution < 1.29 is 14.2 Å². The van der Waals surface area contributed by atoms with E-state index in [1.165, 1.54) is 0 Å². The van der Waals surface area contributed by atoms with Crippen LogP contribution in [-0.2, 0) is 15.6 Å². The monoisotopic (exact) mass is 233 g/mol. The van der Waals surface area contributed by atoms with Gasteiger partial charge in [-0.3, -0.25) is 9.00 Å². The fourth-order valence-electron chi connectivity index (χ4n) is 1.42. The van der Waals surface area contributed by atoms with Crippen LogP contribution in [0.4, 0.5) is 0 Å². The Labute approximate surface area is 90.4 Å². The van der Waals surface area contributed by atoms with Crippen LogP contribution in [0.15, 0.2) is 5.16 Å². The molecule has 0 unspecified atom stereocenters. The van der Waals surface area contributed by atoms with Crippen LogP contribution in [-0.4, -0.2) is 38.7 Å². The summed E-state index contributed by atoms with van der Waals surface area (Å²) in [4.78, 5) is 11.3. The summed E-state index contributed by atoms with van der Waals surface area (Å²) >= 11 is 0. The summed E-state index contributed by atoms with van der Waals surface area (Å²) in [6.45, 7) is 0. The van der Waals surface area contributed by atoms with Crippen LogP contribution < -0.4 is 11.1 Å². The largest absolute Gasteiger partial charge is 0.409 e. The second-order valence-electron chi connectivity index (χ2n) is 3.46. The molecule has 1 aliphatic rings. The number of carbonyl (C=O) groups excluding carboxylic acids is 1. The predicted molar refractivity (Wildman–Crippen MR) is 57.1 cm³/mol. The molecule has 0 spiro atoms. The Morgan fingerprint density at radius 2 is 2.13 bits per heavy atom. The van der Waals surface area contributed by atoms with E-state index in [0.717, 1.165) is 12.8 Å². The molecule has 7 heteroatoms. The van der Waals surface area contributed by atoms with E-state index in [-0.39, 0.29) is 24.2 Å². The molecular weight excluding hydrogens is 218 g/mol. The van der Waals surface area contributed by atoms with E-state index >= 15 is 0 Å². The maximum atomic E-state index is 11.3. The van der Waals surface area contributed by atoms with E-state index in [9.17, 15) is 9.00 Å². The van der Waals surface area contributed by atoms with E-state index in [1.54, 1.807) is 0 Å². The normalized spacial score (nSPS) is 27.3. The molecule has 0 atom stereocenters. The van der Waals surface area contributed by atoms with Crippen LogP contribution in [0.1, 0.15) is 19.3 Å². The molecule has 0 aliphatic carbocycles. The van der Waals surface area contributed by atoms with Crippen LogP contribution in [0.5, 0.6) is 0 Å². The number of nitrogens with one attached hydrogen (secondary N) is 1. The van der Waals surface area contributed by atoms with Gasteiger partial charge < -0.3 is 16.3 Å². The van der Waals surface area contributed by atoms with Gasteiger partial charge in [0.2, 0.25) is 5.91 Å². The van der Waals surface area contributed by atoms with Gasteiger partial charge in [0, 0.05) is 28.3 Å². The molecule has 1 fully saturated rings. The number of amides is 1. The van der Waals surface area contributed by atoms with Gasteiger partial charge in [0.05, 0.1) is 6.42 Å². The second-order valence-corrected chi connectivity index (χ2v) is 5.15. The number of carbonyl (C=O) groups is 1. The van der Waals surface area contributed by atoms with Gasteiger partial charge >= 0.3 is 0 Å². The molecule has 15 heavy (non-hydrogen) atoms. The van der Waals surface area contributed by atoms with Crippen molar-refractivity contribution in [2.75, 3.05) is 11.5 Å². The molecule has 0 aromatic carbocycles. The third-order valence-electron chi connectivity index (χ3n) is 2.22. The van der Waals surface area contributed by atoms with E-state index in [2.05, 4.69) is 10.5 Å². The summed E-state index contributed by atoms with van der Waals surface area (Å²) in [5.41, 5.74) is 5.19. The minimum Gasteiger partial charge on any atom is -0.409 e. The summed E-state index contributed by atoms with van der Waals surface area (Å²) in [6.07, 6.45) is 1.36. The lowest BCUT2D eigenvalue weighted by molar-refractivity contribution is -0.120. The first-order chi connectivity index (χ1) is 7.11. The summed E-state index contributed by atoms with van der Waals surface area (Å²) in [6, 6.07) is 0.0710. The van der Waals surface area contributed by atoms with Crippen molar-refractivity contribution in [3.05, 3.63) is 0 Å². The van der Waals surface area contributed by atoms with Gasteiger partial charge in [-0.25, -0.2) is 0 Å². The van der Waals surface area contributed by atoms with Crippen LogP contribution in [0.25, 0.3) is 0 Å². The number of hydrogen-bond acceptors (Lipinski definition) is 4. The van der Waals surface area contributed by atoms with Gasteiger partial charge in [0.1, 0.15) is 5.84 Å². The van der Waals surface area contributed by atoms with Crippen molar-refractivity contribution in [1.29, 1.82) is 0 Å². The van der Waals surface area contributed by atoms with E-state index in [1.807, 2.05) is 0 Å². The molecule has 1 aliphatic heterocycles. The molecule has 0 aromatic heterocycles. The van der Waals surface area contributed by atoms with Crippen LogP contribution in [0.2, 0.25) is 0 Å². The zero-order valence-electron chi connectivity index (χ0n) is 8.31. The molecule has 86 valence electrons. The highest BCUT2D eigenvalue weighted by atomic mass is 32.2. The van der Waals surface area contributed by atoms with Crippen molar-refractivity contribution >= 4 is 22.5 Å². The number of nitrogens with two attached hydrogens (primary N) is 1. The minimum absolute atomic E-state index is 0.0710. The zero-order valence-corrected chi connectivity index (χ0v) is 9.13. The summed E-state index contributed by atoms with van der Waals surface area (Å²) in [7, 11) is -0.728. The summed E-state index contributed by atoms with van der Waals surface area (Å²) < 4.78 is 11.0. The van der Waals surface area contributed by atoms with Gasteiger partial charge in [0.15, 0.2) is 0 Å². The molecule has 0 saturated carbocycles. The fourth-order valence-corrected chi connectivity index (χ4v) is 2.72. The molecule has 0 aromatic rings. The number of amidine groups is 1. The van der Waals surface area contributed by atoms with Crippen LogP contribution >= 0.6 is 0 Å². The van der Waals surface area contributed by atoms with Crippen molar-refractivity contribution in [3.63, 3.8) is 0 Å². The lowest BCUT2D eigenvalue weighted by atomic mass is 10.1. The number of hydrogen-bond donors (Lipinski definition) is 3. The van der Waals surface area contributed by atoms with Crippen molar-refractivity contribution in [3.8, 4) is 0 Å². The highest BCUT2D eigenvalue weighted by Gasteiger charge is 2.19. The summed E-state index contributed by atoms with van der Waals surface area (Å²) in [5, 5.41) is 13.7. The Hall–Kier alpha value is -1.11. The van der Waals surface area contributed by atoms with Crippen LogP contribution in [0, 0.1) is 0 Å². The molecule has 0 bridgehead atoms. The number of nitrogens with zero attached hydrogens (tertiary/aromatic N) is 1. The van der Waals surface area contributed by atoms with Gasteiger partial charge in [0.25, 0.3) is 0 Å². The van der Waals surface area contributed by atoms with Crippen LogP contribution in [0.3, 0.4) is 0 Å². The molecule has 6 nitrogen and oxygen atoms in total. The van der Waals surface area contributed by atoms with Crippen molar-refractivity contribution in [1.82, 2.24) is 5.32 Å². The lowest BCUT2D eigenvalue weighted by Crippen LogP contribution is -2.40. The first kappa shape index (κ1) is 12.0. The average molecular weight is 233 g/mol. The lowest BCUT2D eigenvalue weighted by Gasteiger charge is -2.22. The SMILES string of the molecule is NC(CC(=O)NC1CCS(=O)CC1)=NO. The molecular formula is C8H15N3O3S. The Bertz CT molecular complexity index is 283. The van der Waals surface area contributed by atoms with Crippen molar-refractivity contribution in [2.45, 2.75) is 25.3 Å². The maximum Gasteiger partial charge on any atom is 0.227 e. The Balaban J connectivity index is 2.29. The summed E-state index contributed by atoms with van der Waals surface area (Å²) in [5.74, 6) is 0.901. The quantitative estimate of drug-likeness (QED) is 0.255. The molecule has 1 rings (SSSR count). The third kappa shape index (κ3) is 4.28. The topological polar surface area (TPSA) is 105 Å². The Kier molecular flexibility index (Phi) is 4.54. The first-order valence-electron chi connectivity index (χ1n) is 4.72. The maximum absolute atomic E-state index is 11.3. The number of rotatable bonds is 3. The Morgan fingerprint density at radius 3 is 2.67 bits per heavy atom. The standard InChI is InChI=1S/C8H15N3O3S/c9-7(11-13)5-8(12)10-6-1-3-15(14)4-2-6/h6,13H,1-5H2,(H2,9,11)(H,10,12). The highest BCUT2D eigenvalue weighted by molar-refractivity contribution is 7.85. The van der Waals surface area contributed by atoms with Gasteiger partial charge in [-0.1, -0.05) is 5.16 Å². The highest BCUT2D eigenvalue weighted by Crippen LogP contribution is 2.08.